The van der Waals surface area contributed by atoms with Gasteiger partial charge in [0.2, 0.25) is 0 Å². The fourth-order valence-electron chi connectivity index (χ4n) is 1.51. The van der Waals surface area contributed by atoms with E-state index in [1.165, 1.54) is 6.42 Å². The van der Waals surface area contributed by atoms with E-state index in [4.69, 9.17) is 4.74 Å². The van der Waals surface area contributed by atoms with Gasteiger partial charge in [-0.2, -0.15) is 0 Å². The Hall–Kier alpha value is -0.0400. The topological polar surface area (TPSA) is 9.23 Å². The van der Waals surface area contributed by atoms with Gasteiger partial charge in [0.25, 0.3) is 0 Å². The lowest BCUT2D eigenvalue weighted by atomic mass is 9.78. The quantitative estimate of drug-likeness (QED) is 0.546. The molecule has 0 amide bonds. The molecule has 0 N–H and O–H groups in total. The van der Waals surface area contributed by atoms with E-state index in [2.05, 4.69) is 27.7 Å². The van der Waals surface area contributed by atoms with Crippen LogP contribution in [0.5, 0.6) is 0 Å². The van der Waals surface area contributed by atoms with E-state index in [0.29, 0.717) is 11.5 Å². The SMILES string of the molecule is CC1CC(C)(C(C)C)CO1. The van der Waals surface area contributed by atoms with Crippen molar-refractivity contribution in [3.8, 4) is 0 Å². The molecule has 0 aromatic carbocycles. The first-order valence-corrected chi connectivity index (χ1v) is 4.16. The van der Waals surface area contributed by atoms with E-state index in [-0.39, 0.29) is 0 Å². The summed E-state index contributed by atoms with van der Waals surface area (Å²) in [6.07, 6.45) is 1.71. The Bertz CT molecular complexity index is 120. The minimum absolute atomic E-state index is 0.444. The Labute approximate surface area is 63.8 Å². The van der Waals surface area contributed by atoms with Crippen molar-refractivity contribution in [2.24, 2.45) is 11.3 Å². The van der Waals surface area contributed by atoms with Crippen molar-refractivity contribution in [1.82, 2.24) is 0 Å². The lowest BCUT2D eigenvalue weighted by Crippen LogP contribution is -2.23. The van der Waals surface area contributed by atoms with Crippen LogP contribution in [0.4, 0.5) is 0 Å². The first-order chi connectivity index (χ1) is 4.54. The molecule has 1 rings (SSSR count). The van der Waals surface area contributed by atoms with Crippen molar-refractivity contribution in [1.29, 1.82) is 0 Å². The zero-order valence-electron chi connectivity index (χ0n) is 7.48. The third kappa shape index (κ3) is 1.34. The summed E-state index contributed by atoms with van der Waals surface area (Å²) in [5, 5.41) is 0. The van der Waals surface area contributed by atoms with E-state index in [0.717, 1.165) is 12.5 Å². The summed E-state index contributed by atoms with van der Waals surface area (Å²) in [4.78, 5) is 0. The van der Waals surface area contributed by atoms with Gasteiger partial charge in [-0.15, -0.1) is 0 Å². The fraction of sp³-hybridized carbons (Fsp3) is 1.00. The summed E-state index contributed by atoms with van der Waals surface area (Å²) < 4.78 is 5.53. The van der Waals surface area contributed by atoms with Crippen molar-refractivity contribution < 1.29 is 4.74 Å². The van der Waals surface area contributed by atoms with E-state index in [9.17, 15) is 0 Å². The van der Waals surface area contributed by atoms with Crippen LogP contribution in [0.1, 0.15) is 34.1 Å². The zero-order chi connectivity index (χ0) is 7.78. The highest BCUT2D eigenvalue weighted by molar-refractivity contribution is 4.84. The summed E-state index contributed by atoms with van der Waals surface area (Å²) in [5.41, 5.74) is 0.444. The molecule has 0 aromatic heterocycles. The molecule has 0 bridgehead atoms. The molecule has 0 spiro atoms. The number of rotatable bonds is 1. The van der Waals surface area contributed by atoms with Crippen LogP contribution >= 0.6 is 0 Å². The van der Waals surface area contributed by atoms with Crippen LogP contribution in [0, 0.1) is 11.3 Å². The largest absolute Gasteiger partial charge is 0.378 e. The molecule has 0 aliphatic carbocycles. The second kappa shape index (κ2) is 2.54. The minimum atomic E-state index is 0.444. The third-order valence-electron chi connectivity index (χ3n) is 2.85. The summed E-state index contributed by atoms with van der Waals surface area (Å²) >= 11 is 0. The molecule has 1 aliphatic heterocycles. The smallest absolute Gasteiger partial charge is 0.0553 e. The molecule has 1 aliphatic rings. The Kier molecular flexibility index (Phi) is 2.04. The highest BCUT2D eigenvalue weighted by Gasteiger charge is 2.36. The summed E-state index contributed by atoms with van der Waals surface area (Å²) in [5.74, 6) is 0.748. The van der Waals surface area contributed by atoms with Gasteiger partial charge in [0.05, 0.1) is 12.7 Å². The van der Waals surface area contributed by atoms with E-state index in [1.807, 2.05) is 0 Å². The van der Waals surface area contributed by atoms with E-state index < -0.39 is 0 Å². The standard InChI is InChI=1S/C9H18O/c1-7(2)9(4)5-8(3)10-6-9/h7-8H,5-6H2,1-4H3. The molecule has 1 saturated heterocycles. The average Bonchev–Trinajstić information content (AvgIpc) is 2.13. The van der Waals surface area contributed by atoms with Crippen molar-refractivity contribution in [2.75, 3.05) is 6.61 Å². The molecule has 1 nitrogen and oxygen atoms in total. The second-order valence-corrected chi connectivity index (χ2v) is 4.13. The number of hydrogen-bond donors (Lipinski definition) is 0. The van der Waals surface area contributed by atoms with Crippen molar-refractivity contribution in [3.05, 3.63) is 0 Å². The highest BCUT2D eigenvalue weighted by Crippen LogP contribution is 2.38. The maximum absolute atomic E-state index is 5.53. The number of hydrogen-bond acceptors (Lipinski definition) is 1. The lowest BCUT2D eigenvalue weighted by Gasteiger charge is -2.26. The normalized spacial score (nSPS) is 41.1. The summed E-state index contributed by atoms with van der Waals surface area (Å²) in [6.45, 7) is 9.99. The average molecular weight is 142 g/mol. The van der Waals surface area contributed by atoms with Gasteiger partial charge in [0.1, 0.15) is 0 Å². The first kappa shape index (κ1) is 8.06. The molecule has 1 heterocycles. The van der Waals surface area contributed by atoms with Gasteiger partial charge < -0.3 is 4.74 Å². The van der Waals surface area contributed by atoms with Crippen molar-refractivity contribution in [2.45, 2.75) is 40.2 Å². The third-order valence-corrected chi connectivity index (χ3v) is 2.85. The molecule has 1 fully saturated rings. The maximum Gasteiger partial charge on any atom is 0.0553 e. The van der Waals surface area contributed by atoms with Gasteiger partial charge in [-0.3, -0.25) is 0 Å². The summed E-state index contributed by atoms with van der Waals surface area (Å²) in [7, 11) is 0. The Morgan fingerprint density at radius 2 is 2.10 bits per heavy atom. The van der Waals surface area contributed by atoms with Crippen LogP contribution in [0.3, 0.4) is 0 Å². The van der Waals surface area contributed by atoms with Crippen LogP contribution in [0.25, 0.3) is 0 Å². The fourth-order valence-corrected chi connectivity index (χ4v) is 1.51. The van der Waals surface area contributed by atoms with Gasteiger partial charge in [-0.05, 0) is 24.7 Å². The minimum Gasteiger partial charge on any atom is -0.378 e. The monoisotopic (exact) mass is 142 g/mol. The molecular weight excluding hydrogens is 124 g/mol. The van der Waals surface area contributed by atoms with Crippen molar-refractivity contribution in [3.63, 3.8) is 0 Å². The maximum atomic E-state index is 5.53. The molecule has 2 atom stereocenters. The molecule has 0 saturated carbocycles. The van der Waals surface area contributed by atoms with Gasteiger partial charge in [-0.25, -0.2) is 0 Å². The van der Waals surface area contributed by atoms with Crippen LogP contribution < -0.4 is 0 Å². The predicted molar refractivity (Wildman–Crippen MR) is 43.0 cm³/mol. The lowest BCUT2D eigenvalue weighted by molar-refractivity contribution is 0.0972. The van der Waals surface area contributed by atoms with Crippen LogP contribution in [0.2, 0.25) is 0 Å². The van der Waals surface area contributed by atoms with Crippen LogP contribution in [-0.4, -0.2) is 12.7 Å². The highest BCUT2D eigenvalue weighted by atomic mass is 16.5. The first-order valence-electron chi connectivity index (χ1n) is 4.16. The Morgan fingerprint density at radius 3 is 2.30 bits per heavy atom. The van der Waals surface area contributed by atoms with Gasteiger partial charge in [0, 0.05) is 0 Å². The summed E-state index contributed by atoms with van der Waals surface area (Å²) in [6, 6.07) is 0. The molecule has 1 heteroatoms. The van der Waals surface area contributed by atoms with Gasteiger partial charge in [-0.1, -0.05) is 20.8 Å². The molecule has 0 radical (unpaired) electrons. The molecule has 60 valence electrons. The van der Waals surface area contributed by atoms with Gasteiger partial charge in [0.15, 0.2) is 0 Å². The Morgan fingerprint density at radius 1 is 1.50 bits per heavy atom. The van der Waals surface area contributed by atoms with Crippen LogP contribution in [-0.2, 0) is 4.74 Å². The van der Waals surface area contributed by atoms with Crippen LogP contribution in [0.15, 0.2) is 0 Å². The molecule has 10 heavy (non-hydrogen) atoms. The zero-order valence-corrected chi connectivity index (χ0v) is 7.48. The van der Waals surface area contributed by atoms with E-state index >= 15 is 0 Å². The second-order valence-electron chi connectivity index (χ2n) is 4.13. The van der Waals surface area contributed by atoms with Crippen molar-refractivity contribution >= 4 is 0 Å². The Balaban J connectivity index is 2.54. The van der Waals surface area contributed by atoms with E-state index in [1.54, 1.807) is 0 Å². The number of ether oxygens (including phenoxy) is 1. The molecule has 2 unspecified atom stereocenters. The van der Waals surface area contributed by atoms with Gasteiger partial charge >= 0.3 is 0 Å². The predicted octanol–water partition coefficient (Wildman–Crippen LogP) is 2.46. The molecule has 0 aromatic rings. The molecular formula is C9H18O.